The van der Waals surface area contributed by atoms with Crippen LogP contribution in [0.25, 0.3) is 0 Å². The summed E-state index contributed by atoms with van der Waals surface area (Å²) in [5.74, 6) is -0.105. The Kier molecular flexibility index (Phi) is 3.19. The zero-order valence-electron chi connectivity index (χ0n) is 9.67. The molecule has 0 amide bonds. The van der Waals surface area contributed by atoms with Gasteiger partial charge in [0.2, 0.25) is 0 Å². The number of hydrogen-bond donors (Lipinski definition) is 3. The standard InChI is InChI=1S/C12H15Cl2NO2/c1-12(2)9(5-10(12)16)15-6-3-7(13)11(17)8(14)4-6/h3-4,9-10,15-17H,5H2,1-2H3. The number of aliphatic hydroxyl groups excluding tert-OH is 1. The van der Waals surface area contributed by atoms with Crippen molar-refractivity contribution in [2.24, 2.45) is 5.41 Å². The normalized spacial score (nSPS) is 26.4. The highest BCUT2D eigenvalue weighted by atomic mass is 35.5. The zero-order chi connectivity index (χ0) is 12.8. The minimum absolute atomic E-state index is 0.105. The third kappa shape index (κ3) is 2.19. The van der Waals surface area contributed by atoms with Crippen LogP contribution in [0, 0.1) is 5.41 Å². The Labute approximate surface area is 110 Å². The van der Waals surface area contributed by atoms with Crippen molar-refractivity contribution in [1.29, 1.82) is 0 Å². The number of aliphatic hydroxyl groups is 1. The first-order chi connectivity index (χ1) is 7.82. The first-order valence-electron chi connectivity index (χ1n) is 5.45. The Balaban J connectivity index is 2.16. The maximum atomic E-state index is 9.65. The molecule has 0 spiro atoms. The molecule has 1 saturated carbocycles. The molecule has 1 aromatic carbocycles. The number of halogens is 2. The van der Waals surface area contributed by atoms with Crippen LogP contribution in [0.2, 0.25) is 10.0 Å². The highest BCUT2D eigenvalue weighted by Crippen LogP contribution is 2.43. The van der Waals surface area contributed by atoms with Crippen LogP contribution in [0.15, 0.2) is 12.1 Å². The molecule has 0 saturated heterocycles. The minimum Gasteiger partial charge on any atom is -0.505 e. The molecule has 2 unspecified atom stereocenters. The van der Waals surface area contributed by atoms with E-state index in [9.17, 15) is 10.2 Å². The van der Waals surface area contributed by atoms with E-state index in [0.717, 1.165) is 5.69 Å². The van der Waals surface area contributed by atoms with E-state index in [0.29, 0.717) is 6.42 Å². The summed E-state index contributed by atoms with van der Waals surface area (Å²) in [5.41, 5.74) is 0.583. The number of rotatable bonds is 2. The Morgan fingerprint density at radius 3 is 2.24 bits per heavy atom. The average Bonchev–Trinajstić information content (AvgIpc) is 2.25. The molecule has 2 rings (SSSR count). The van der Waals surface area contributed by atoms with Crippen molar-refractivity contribution in [2.45, 2.75) is 32.4 Å². The monoisotopic (exact) mass is 275 g/mol. The minimum atomic E-state index is -0.289. The van der Waals surface area contributed by atoms with Gasteiger partial charge in [-0.2, -0.15) is 0 Å². The number of aromatic hydroxyl groups is 1. The van der Waals surface area contributed by atoms with Crippen molar-refractivity contribution in [3.05, 3.63) is 22.2 Å². The Morgan fingerprint density at radius 2 is 1.82 bits per heavy atom. The van der Waals surface area contributed by atoms with Crippen molar-refractivity contribution in [1.82, 2.24) is 0 Å². The quantitative estimate of drug-likeness (QED) is 0.727. The van der Waals surface area contributed by atoms with E-state index in [4.69, 9.17) is 23.2 Å². The summed E-state index contributed by atoms with van der Waals surface area (Å²) in [6.07, 6.45) is 0.409. The second-order valence-corrected chi connectivity index (χ2v) is 5.87. The summed E-state index contributed by atoms with van der Waals surface area (Å²) in [5, 5.41) is 22.8. The predicted octanol–water partition coefficient (Wildman–Crippen LogP) is 3.27. The molecule has 1 aromatic rings. The molecule has 1 fully saturated rings. The van der Waals surface area contributed by atoms with E-state index in [1.807, 2.05) is 13.8 Å². The van der Waals surface area contributed by atoms with Crippen LogP contribution in [0.4, 0.5) is 5.69 Å². The van der Waals surface area contributed by atoms with Gasteiger partial charge in [0.1, 0.15) is 0 Å². The number of hydrogen-bond acceptors (Lipinski definition) is 3. The number of benzene rings is 1. The molecule has 2 atom stereocenters. The van der Waals surface area contributed by atoms with Gasteiger partial charge in [-0.3, -0.25) is 0 Å². The van der Waals surface area contributed by atoms with Crippen molar-refractivity contribution in [3.8, 4) is 5.75 Å². The molecule has 1 aliphatic carbocycles. The zero-order valence-corrected chi connectivity index (χ0v) is 11.2. The first-order valence-corrected chi connectivity index (χ1v) is 6.20. The van der Waals surface area contributed by atoms with Gasteiger partial charge in [-0.15, -0.1) is 0 Å². The lowest BCUT2D eigenvalue weighted by Gasteiger charge is -2.49. The molecule has 3 N–H and O–H groups in total. The van der Waals surface area contributed by atoms with Crippen LogP contribution in [0.5, 0.6) is 5.75 Å². The second kappa shape index (κ2) is 4.23. The first kappa shape index (κ1) is 12.8. The summed E-state index contributed by atoms with van der Waals surface area (Å²) in [7, 11) is 0. The van der Waals surface area contributed by atoms with Gasteiger partial charge in [-0.25, -0.2) is 0 Å². The molecule has 0 radical (unpaired) electrons. The summed E-state index contributed by atoms with van der Waals surface area (Å²) >= 11 is 11.7. The largest absolute Gasteiger partial charge is 0.505 e. The van der Waals surface area contributed by atoms with Crippen molar-refractivity contribution in [3.63, 3.8) is 0 Å². The topological polar surface area (TPSA) is 52.5 Å². The fourth-order valence-corrected chi connectivity index (χ4v) is 2.48. The van der Waals surface area contributed by atoms with Gasteiger partial charge in [0.05, 0.1) is 16.1 Å². The summed E-state index contributed by atoms with van der Waals surface area (Å²) in [6, 6.07) is 3.43. The summed E-state index contributed by atoms with van der Waals surface area (Å²) in [6.45, 7) is 4.00. The summed E-state index contributed by atoms with van der Waals surface area (Å²) < 4.78 is 0. The third-order valence-corrected chi connectivity index (χ3v) is 4.15. The summed E-state index contributed by atoms with van der Waals surface area (Å²) in [4.78, 5) is 0. The van der Waals surface area contributed by atoms with Gasteiger partial charge < -0.3 is 15.5 Å². The van der Waals surface area contributed by atoms with Gasteiger partial charge in [-0.05, 0) is 18.6 Å². The predicted molar refractivity (Wildman–Crippen MR) is 69.9 cm³/mol. The van der Waals surface area contributed by atoms with Gasteiger partial charge in [0.25, 0.3) is 0 Å². The van der Waals surface area contributed by atoms with Crippen LogP contribution in [-0.4, -0.2) is 22.4 Å². The number of anilines is 1. The van der Waals surface area contributed by atoms with Gasteiger partial charge in [0, 0.05) is 17.1 Å². The van der Waals surface area contributed by atoms with E-state index in [2.05, 4.69) is 5.32 Å². The number of phenols is 1. The average molecular weight is 276 g/mol. The van der Waals surface area contributed by atoms with E-state index < -0.39 is 0 Å². The van der Waals surface area contributed by atoms with E-state index in [1.54, 1.807) is 12.1 Å². The molecular formula is C12H15Cl2NO2. The maximum Gasteiger partial charge on any atom is 0.152 e. The van der Waals surface area contributed by atoms with Crippen LogP contribution < -0.4 is 5.32 Å². The van der Waals surface area contributed by atoms with E-state index in [1.165, 1.54) is 0 Å². The molecule has 0 bridgehead atoms. The smallest absolute Gasteiger partial charge is 0.152 e. The van der Waals surface area contributed by atoms with Gasteiger partial charge >= 0.3 is 0 Å². The van der Waals surface area contributed by atoms with E-state index in [-0.39, 0.29) is 33.4 Å². The number of nitrogens with one attached hydrogen (secondary N) is 1. The highest BCUT2D eigenvalue weighted by molar-refractivity contribution is 6.37. The Morgan fingerprint density at radius 1 is 1.29 bits per heavy atom. The Bertz CT molecular complexity index is 425. The number of phenolic OH excluding ortho intramolecular Hbond substituents is 1. The van der Waals surface area contributed by atoms with Crippen LogP contribution in [0.1, 0.15) is 20.3 Å². The van der Waals surface area contributed by atoms with Crippen molar-refractivity contribution in [2.75, 3.05) is 5.32 Å². The lowest BCUT2D eigenvalue weighted by Crippen LogP contribution is -2.56. The maximum absolute atomic E-state index is 9.65. The fraction of sp³-hybridized carbons (Fsp3) is 0.500. The van der Waals surface area contributed by atoms with Crippen LogP contribution in [0.3, 0.4) is 0 Å². The van der Waals surface area contributed by atoms with Gasteiger partial charge in [0.15, 0.2) is 5.75 Å². The molecule has 5 heteroatoms. The second-order valence-electron chi connectivity index (χ2n) is 5.06. The van der Waals surface area contributed by atoms with E-state index >= 15 is 0 Å². The fourth-order valence-electron chi connectivity index (χ4n) is 2.00. The molecule has 17 heavy (non-hydrogen) atoms. The lowest BCUT2D eigenvalue weighted by molar-refractivity contribution is -0.0510. The SMILES string of the molecule is CC1(C)C(O)CC1Nc1cc(Cl)c(O)c(Cl)c1. The molecule has 1 aliphatic rings. The molecule has 94 valence electrons. The molecule has 0 aliphatic heterocycles. The van der Waals surface area contributed by atoms with Crippen molar-refractivity contribution >= 4 is 28.9 Å². The molecule has 3 nitrogen and oxygen atoms in total. The Hall–Kier alpha value is -0.640. The molecular weight excluding hydrogens is 261 g/mol. The molecule has 0 heterocycles. The van der Waals surface area contributed by atoms with Crippen LogP contribution in [-0.2, 0) is 0 Å². The molecule has 0 aromatic heterocycles. The third-order valence-electron chi connectivity index (χ3n) is 3.57. The highest BCUT2D eigenvalue weighted by Gasteiger charge is 2.47. The lowest BCUT2D eigenvalue weighted by atomic mass is 9.64. The van der Waals surface area contributed by atoms with Gasteiger partial charge in [-0.1, -0.05) is 37.0 Å². The van der Waals surface area contributed by atoms with Crippen molar-refractivity contribution < 1.29 is 10.2 Å². The van der Waals surface area contributed by atoms with Crippen LogP contribution >= 0.6 is 23.2 Å².